The first-order chi connectivity index (χ1) is 9.19. The molecular formula is C13H21N3O2S. The lowest BCUT2D eigenvalue weighted by molar-refractivity contribution is 0.0960. The van der Waals surface area contributed by atoms with Gasteiger partial charge < -0.3 is 21.1 Å². The summed E-state index contributed by atoms with van der Waals surface area (Å²) in [5.41, 5.74) is 7.94. The van der Waals surface area contributed by atoms with Crippen LogP contribution in [0.4, 0.5) is 10.7 Å². The smallest absolute Gasteiger partial charge is 0.263 e. The van der Waals surface area contributed by atoms with Gasteiger partial charge in [0.1, 0.15) is 4.88 Å². The van der Waals surface area contributed by atoms with Crippen molar-refractivity contribution in [1.29, 1.82) is 0 Å². The Kier molecular flexibility index (Phi) is 4.66. The number of methoxy groups -OCH3 is 1. The number of hydrogen-bond acceptors (Lipinski definition) is 5. The van der Waals surface area contributed by atoms with Crippen LogP contribution >= 0.6 is 11.3 Å². The van der Waals surface area contributed by atoms with Gasteiger partial charge in [-0.25, -0.2) is 0 Å². The second-order valence-electron chi connectivity index (χ2n) is 4.64. The van der Waals surface area contributed by atoms with Crippen molar-refractivity contribution < 1.29 is 9.53 Å². The fourth-order valence-corrected chi connectivity index (χ4v) is 3.19. The molecule has 1 saturated carbocycles. The molecule has 0 saturated heterocycles. The minimum Gasteiger partial charge on any atom is -0.397 e. The van der Waals surface area contributed by atoms with E-state index in [2.05, 4.69) is 10.6 Å². The van der Waals surface area contributed by atoms with Crippen molar-refractivity contribution in [3.8, 4) is 0 Å². The Morgan fingerprint density at radius 3 is 2.84 bits per heavy atom. The second-order valence-corrected chi connectivity index (χ2v) is 5.66. The zero-order valence-electron chi connectivity index (χ0n) is 11.4. The molecule has 0 atom stereocenters. The van der Waals surface area contributed by atoms with Crippen molar-refractivity contribution in [2.75, 3.05) is 37.9 Å². The predicted octanol–water partition coefficient (Wildman–Crippen LogP) is 2.02. The molecule has 4 N–H and O–H groups in total. The Balaban J connectivity index is 2.20. The number of hydrogen-bond donors (Lipinski definition) is 3. The van der Waals surface area contributed by atoms with Crippen molar-refractivity contribution >= 4 is 27.9 Å². The number of amides is 1. The van der Waals surface area contributed by atoms with E-state index in [-0.39, 0.29) is 5.91 Å². The Morgan fingerprint density at radius 1 is 1.53 bits per heavy atom. The molecule has 106 valence electrons. The van der Waals surface area contributed by atoms with Gasteiger partial charge in [-0.1, -0.05) is 0 Å². The van der Waals surface area contributed by atoms with Crippen molar-refractivity contribution in [2.24, 2.45) is 0 Å². The molecule has 0 bridgehead atoms. The number of anilines is 2. The molecule has 0 aromatic carbocycles. The maximum Gasteiger partial charge on any atom is 0.263 e. The Morgan fingerprint density at radius 2 is 2.26 bits per heavy atom. The number of rotatable bonds is 7. The topological polar surface area (TPSA) is 76.4 Å². The van der Waals surface area contributed by atoms with E-state index in [1.165, 1.54) is 11.3 Å². The quantitative estimate of drug-likeness (QED) is 0.669. The van der Waals surface area contributed by atoms with Crippen LogP contribution in [0.15, 0.2) is 0 Å². The Bertz CT molecular complexity index is 455. The van der Waals surface area contributed by atoms with E-state index in [9.17, 15) is 4.79 Å². The molecule has 0 unspecified atom stereocenters. The van der Waals surface area contributed by atoms with Crippen LogP contribution in [0, 0.1) is 0 Å². The molecule has 0 aliphatic heterocycles. The third-order valence-corrected chi connectivity index (χ3v) is 4.28. The molecule has 1 amide bonds. The molecule has 1 aliphatic carbocycles. The number of nitrogens with two attached hydrogens (primary N) is 1. The number of thiophene rings is 1. The number of nitrogens with one attached hydrogen (secondary N) is 2. The van der Waals surface area contributed by atoms with E-state index < -0.39 is 0 Å². The second kappa shape index (κ2) is 6.25. The Hall–Kier alpha value is -1.27. The third-order valence-electron chi connectivity index (χ3n) is 3.10. The van der Waals surface area contributed by atoms with Crippen LogP contribution in [0.25, 0.3) is 0 Å². The SMILES string of the molecule is CCNC(=O)c1sc(NCCOC)c(C2CC2)c1N. The van der Waals surface area contributed by atoms with E-state index in [1.807, 2.05) is 6.92 Å². The molecule has 0 radical (unpaired) electrons. The lowest BCUT2D eigenvalue weighted by atomic mass is 10.1. The first-order valence-corrected chi connectivity index (χ1v) is 7.43. The lowest BCUT2D eigenvalue weighted by Crippen LogP contribution is -2.22. The summed E-state index contributed by atoms with van der Waals surface area (Å²) in [7, 11) is 1.67. The summed E-state index contributed by atoms with van der Waals surface area (Å²) in [6, 6.07) is 0. The van der Waals surface area contributed by atoms with Gasteiger partial charge in [0.15, 0.2) is 0 Å². The van der Waals surface area contributed by atoms with E-state index in [0.717, 1.165) is 30.0 Å². The van der Waals surface area contributed by atoms with E-state index in [0.29, 0.717) is 29.6 Å². The van der Waals surface area contributed by atoms with Gasteiger partial charge in [-0.3, -0.25) is 4.79 Å². The van der Waals surface area contributed by atoms with Gasteiger partial charge in [-0.15, -0.1) is 11.3 Å². The van der Waals surface area contributed by atoms with Crippen LogP contribution in [0.2, 0.25) is 0 Å². The molecule has 1 aliphatic rings. The summed E-state index contributed by atoms with van der Waals surface area (Å²) in [6.45, 7) is 3.88. The van der Waals surface area contributed by atoms with Crippen molar-refractivity contribution in [1.82, 2.24) is 5.32 Å². The van der Waals surface area contributed by atoms with Gasteiger partial charge in [-0.05, 0) is 25.7 Å². The maximum absolute atomic E-state index is 12.0. The molecular weight excluding hydrogens is 262 g/mol. The van der Waals surface area contributed by atoms with Gasteiger partial charge in [0.2, 0.25) is 0 Å². The highest BCUT2D eigenvalue weighted by atomic mass is 32.1. The highest BCUT2D eigenvalue weighted by Crippen LogP contribution is 2.50. The van der Waals surface area contributed by atoms with E-state index in [4.69, 9.17) is 10.5 Å². The summed E-state index contributed by atoms with van der Waals surface area (Å²) in [5.74, 6) is 0.441. The van der Waals surface area contributed by atoms with Crippen molar-refractivity contribution in [2.45, 2.75) is 25.7 Å². The molecule has 1 aromatic heterocycles. The highest BCUT2D eigenvalue weighted by Gasteiger charge is 2.32. The van der Waals surface area contributed by atoms with Gasteiger partial charge in [0.25, 0.3) is 5.91 Å². The van der Waals surface area contributed by atoms with Crippen molar-refractivity contribution in [3.05, 3.63) is 10.4 Å². The summed E-state index contributed by atoms with van der Waals surface area (Å²) in [5, 5.41) is 7.16. The lowest BCUT2D eigenvalue weighted by Gasteiger charge is -2.06. The van der Waals surface area contributed by atoms with Gasteiger partial charge in [-0.2, -0.15) is 0 Å². The van der Waals surface area contributed by atoms with Gasteiger partial charge in [0.05, 0.1) is 17.3 Å². The van der Waals surface area contributed by atoms with Crippen LogP contribution in [-0.4, -0.2) is 32.7 Å². The zero-order valence-corrected chi connectivity index (χ0v) is 12.2. The monoisotopic (exact) mass is 283 g/mol. The minimum absolute atomic E-state index is 0.0771. The summed E-state index contributed by atoms with van der Waals surface area (Å²) in [4.78, 5) is 12.6. The Labute approximate surface area is 117 Å². The number of carbonyl (C=O) groups excluding carboxylic acids is 1. The molecule has 1 fully saturated rings. The predicted molar refractivity (Wildman–Crippen MR) is 79.1 cm³/mol. The van der Waals surface area contributed by atoms with Crippen LogP contribution in [0.5, 0.6) is 0 Å². The highest BCUT2D eigenvalue weighted by molar-refractivity contribution is 7.18. The standard InChI is InChI=1S/C13H21N3O2S/c1-3-15-12(17)11-10(14)9(8-4-5-8)13(19-11)16-6-7-18-2/h8,16H,3-7,14H2,1-2H3,(H,15,17). The van der Waals surface area contributed by atoms with Gasteiger partial charge >= 0.3 is 0 Å². The fourth-order valence-electron chi connectivity index (χ4n) is 2.04. The average molecular weight is 283 g/mol. The molecule has 0 spiro atoms. The van der Waals surface area contributed by atoms with Crippen LogP contribution in [0.1, 0.15) is 40.9 Å². The molecule has 5 nitrogen and oxygen atoms in total. The van der Waals surface area contributed by atoms with Crippen molar-refractivity contribution in [3.63, 3.8) is 0 Å². The number of carbonyl (C=O) groups is 1. The molecule has 6 heteroatoms. The normalized spacial score (nSPS) is 14.4. The third kappa shape index (κ3) is 3.19. The van der Waals surface area contributed by atoms with Crippen LogP contribution in [0.3, 0.4) is 0 Å². The van der Waals surface area contributed by atoms with E-state index >= 15 is 0 Å². The van der Waals surface area contributed by atoms with E-state index in [1.54, 1.807) is 7.11 Å². The first-order valence-electron chi connectivity index (χ1n) is 6.62. The average Bonchev–Trinajstić information content (AvgIpc) is 3.15. The number of nitrogen functional groups attached to an aromatic ring is 1. The molecule has 2 rings (SSSR count). The van der Waals surface area contributed by atoms with Crippen LogP contribution in [-0.2, 0) is 4.74 Å². The maximum atomic E-state index is 12.0. The summed E-state index contributed by atoms with van der Waals surface area (Å²) >= 11 is 1.45. The molecule has 19 heavy (non-hydrogen) atoms. The van der Waals surface area contributed by atoms with Gasteiger partial charge in [0, 0.05) is 25.8 Å². The number of ether oxygens (including phenoxy) is 1. The van der Waals surface area contributed by atoms with Crippen LogP contribution < -0.4 is 16.4 Å². The zero-order chi connectivity index (χ0) is 13.8. The minimum atomic E-state index is -0.0771. The summed E-state index contributed by atoms with van der Waals surface area (Å²) < 4.78 is 5.03. The summed E-state index contributed by atoms with van der Waals surface area (Å²) in [6.07, 6.45) is 2.32. The molecule has 1 aromatic rings. The fraction of sp³-hybridized carbons (Fsp3) is 0.615. The largest absolute Gasteiger partial charge is 0.397 e. The first kappa shape index (κ1) is 14.1. The molecule has 1 heterocycles.